The van der Waals surface area contributed by atoms with Crippen molar-refractivity contribution in [3.8, 4) is 0 Å². The molecule has 2 aromatic rings. The fraction of sp³-hybridized carbons (Fsp3) is 0.500. The predicted octanol–water partition coefficient (Wildman–Crippen LogP) is 2.21. The standard InChI is InChI=1S/C16H25N5/c1-3-9-21-13-18-11-16(21)15(10-17)20(4-2)12-14-7-5-6-8-19-14/h5-8,11,13,15H,3-4,9-10,12,17H2,1-2H3. The first-order valence-corrected chi connectivity index (χ1v) is 7.64. The smallest absolute Gasteiger partial charge is 0.0948 e. The van der Waals surface area contributed by atoms with Crippen LogP contribution in [0.15, 0.2) is 36.9 Å². The SMILES string of the molecule is CCCn1cncc1C(CN)N(CC)Cc1ccccn1. The van der Waals surface area contributed by atoms with Crippen molar-refractivity contribution in [1.82, 2.24) is 19.4 Å². The summed E-state index contributed by atoms with van der Waals surface area (Å²) in [5.41, 5.74) is 8.32. The second kappa shape index (κ2) is 7.90. The lowest BCUT2D eigenvalue weighted by Gasteiger charge is -2.30. The first kappa shape index (κ1) is 15.7. The van der Waals surface area contributed by atoms with Crippen molar-refractivity contribution in [1.29, 1.82) is 0 Å². The van der Waals surface area contributed by atoms with Gasteiger partial charge in [0.05, 0.1) is 23.8 Å². The monoisotopic (exact) mass is 287 g/mol. The molecule has 0 saturated heterocycles. The highest BCUT2D eigenvalue weighted by molar-refractivity contribution is 5.09. The Hall–Kier alpha value is -1.72. The average molecular weight is 287 g/mol. The van der Waals surface area contributed by atoms with Gasteiger partial charge in [-0.3, -0.25) is 9.88 Å². The molecule has 0 amide bonds. The lowest BCUT2D eigenvalue weighted by Crippen LogP contribution is -2.34. The summed E-state index contributed by atoms with van der Waals surface area (Å²) >= 11 is 0. The number of aromatic nitrogens is 3. The summed E-state index contributed by atoms with van der Waals surface area (Å²) in [6.07, 6.45) is 6.76. The minimum Gasteiger partial charge on any atom is -0.333 e. The molecule has 0 bridgehead atoms. The highest BCUT2D eigenvalue weighted by Crippen LogP contribution is 2.21. The molecule has 2 N–H and O–H groups in total. The molecular formula is C16H25N5. The second-order valence-corrected chi connectivity index (χ2v) is 5.15. The lowest BCUT2D eigenvalue weighted by molar-refractivity contribution is 0.193. The Morgan fingerprint density at radius 3 is 2.81 bits per heavy atom. The molecule has 0 radical (unpaired) electrons. The zero-order valence-corrected chi connectivity index (χ0v) is 12.9. The van der Waals surface area contributed by atoms with E-state index >= 15 is 0 Å². The number of hydrogen-bond acceptors (Lipinski definition) is 4. The summed E-state index contributed by atoms with van der Waals surface area (Å²) in [5.74, 6) is 0. The van der Waals surface area contributed by atoms with Crippen molar-refractivity contribution in [3.63, 3.8) is 0 Å². The molecule has 5 heteroatoms. The molecule has 5 nitrogen and oxygen atoms in total. The third kappa shape index (κ3) is 3.89. The van der Waals surface area contributed by atoms with Crippen LogP contribution >= 0.6 is 0 Å². The molecule has 0 spiro atoms. The number of aryl methyl sites for hydroxylation is 1. The molecule has 0 aliphatic heterocycles. The van der Waals surface area contributed by atoms with Crippen LogP contribution < -0.4 is 5.73 Å². The van der Waals surface area contributed by atoms with Gasteiger partial charge in [-0.15, -0.1) is 0 Å². The topological polar surface area (TPSA) is 60.0 Å². The normalized spacial score (nSPS) is 12.8. The third-order valence-corrected chi connectivity index (χ3v) is 3.71. The van der Waals surface area contributed by atoms with Gasteiger partial charge in [-0.25, -0.2) is 4.98 Å². The van der Waals surface area contributed by atoms with Gasteiger partial charge in [-0.1, -0.05) is 19.9 Å². The Labute approximate surface area is 126 Å². The van der Waals surface area contributed by atoms with Crippen molar-refractivity contribution in [2.24, 2.45) is 5.73 Å². The van der Waals surface area contributed by atoms with Gasteiger partial charge in [0.1, 0.15) is 0 Å². The van der Waals surface area contributed by atoms with Crippen LogP contribution in [0.25, 0.3) is 0 Å². The van der Waals surface area contributed by atoms with Crippen LogP contribution in [0.3, 0.4) is 0 Å². The lowest BCUT2D eigenvalue weighted by atomic mass is 10.1. The number of nitrogens with two attached hydrogens (primary N) is 1. The number of rotatable bonds is 8. The molecule has 2 rings (SSSR count). The van der Waals surface area contributed by atoms with E-state index in [1.54, 1.807) is 0 Å². The van der Waals surface area contributed by atoms with Crippen molar-refractivity contribution in [3.05, 3.63) is 48.3 Å². The fourth-order valence-corrected chi connectivity index (χ4v) is 2.64. The van der Waals surface area contributed by atoms with Crippen LogP contribution in [-0.4, -0.2) is 32.5 Å². The van der Waals surface area contributed by atoms with Crippen molar-refractivity contribution < 1.29 is 0 Å². The van der Waals surface area contributed by atoms with E-state index in [-0.39, 0.29) is 6.04 Å². The molecule has 2 aromatic heterocycles. The number of likely N-dealkylation sites (N-methyl/N-ethyl adjacent to an activating group) is 1. The van der Waals surface area contributed by atoms with E-state index in [0.717, 1.165) is 31.7 Å². The summed E-state index contributed by atoms with van der Waals surface area (Å²) in [4.78, 5) is 11.1. The maximum Gasteiger partial charge on any atom is 0.0948 e. The van der Waals surface area contributed by atoms with Gasteiger partial charge < -0.3 is 10.3 Å². The highest BCUT2D eigenvalue weighted by Gasteiger charge is 2.21. The number of imidazole rings is 1. The number of pyridine rings is 1. The maximum absolute atomic E-state index is 6.06. The van der Waals surface area contributed by atoms with Gasteiger partial charge in [-0.05, 0) is 25.1 Å². The largest absolute Gasteiger partial charge is 0.333 e. The molecule has 0 saturated carbocycles. The minimum atomic E-state index is 0.172. The molecule has 1 atom stereocenters. The zero-order valence-electron chi connectivity index (χ0n) is 12.9. The molecule has 1 unspecified atom stereocenters. The second-order valence-electron chi connectivity index (χ2n) is 5.15. The van der Waals surface area contributed by atoms with Gasteiger partial charge in [-0.2, -0.15) is 0 Å². The quantitative estimate of drug-likeness (QED) is 0.808. The van der Waals surface area contributed by atoms with E-state index in [0.29, 0.717) is 6.54 Å². The van der Waals surface area contributed by atoms with E-state index in [4.69, 9.17) is 5.73 Å². The van der Waals surface area contributed by atoms with Crippen LogP contribution in [-0.2, 0) is 13.1 Å². The highest BCUT2D eigenvalue weighted by atomic mass is 15.2. The van der Waals surface area contributed by atoms with Crippen LogP contribution in [0, 0.1) is 0 Å². The summed E-state index contributed by atoms with van der Waals surface area (Å²) in [6, 6.07) is 6.19. The average Bonchev–Trinajstić information content (AvgIpc) is 2.96. The van der Waals surface area contributed by atoms with Crippen LogP contribution in [0.5, 0.6) is 0 Å². The van der Waals surface area contributed by atoms with Gasteiger partial charge in [0, 0.05) is 32.0 Å². The van der Waals surface area contributed by atoms with E-state index in [1.165, 1.54) is 5.69 Å². The Bertz CT molecular complexity index is 522. The third-order valence-electron chi connectivity index (χ3n) is 3.71. The van der Waals surface area contributed by atoms with E-state index in [9.17, 15) is 0 Å². The zero-order chi connectivity index (χ0) is 15.1. The summed E-state index contributed by atoms with van der Waals surface area (Å²) < 4.78 is 2.21. The predicted molar refractivity (Wildman–Crippen MR) is 84.6 cm³/mol. The molecule has 2 heterocycles. The fourth-order valence-electron chi connectivity index (χ4n) is 2.64. The Kier molecular flexibility index (Phi) is 5.90. The van der Waals surface area contributed by atoms with Crippen LogP contribution in [0.2, 0.25) is 0 Å². The van der Waals surface area contributed by atoms with E-state index in [2.05, 4.69) is 39.3 Å². The van der Waals surface area contributed by atoms with Crippen LogP contribution in [0.4, 0.5) is 0 Å². The van der Waals surface area contributed by atoms with Gasteiger partial charge >= 0.3 is 0 Å². The summed E-state index contributed by atoms with van der Waals surface area (Å²) in [5, 5.41) is 0. The molecule has 0 aliphatic carbocycles. The van der Waals surface area contributed by atoms with Crippen molar-refractivity contribution >= 4 is 0 Å². The first-order chi connectivity index (χ1) is 10.3. The van der Waals surface area contributed by atoms with Gasteiger partial charge in [0.15, 0.2) is 0 Å². The molecule has 0 fully saturated rings. The van der Waals surface area contributed by atoms with E-state index < -0.39 is 0 Å². The summed E-state index contributed by atoms with van der Waals surface area (Å²) in [7, 11) is 0. The Morgan fingerprint density at radius 1 is 1.33 bits per heavy atom. The molecule has 0 aliphatic rings. The molecule has 114 valence electrons. The van der Waals surface area contributed by atoms with Crippen molar-refractivity contribution in [2.75, 3.05) is 13.1 Å². The molecular weight excluding hydrogens is 262 g/mol. The van der Waals surface area contributed by atoms with Gasteiger partial charge in [0.2, 0.25) is 0 Å². The summed E-state index contributed by atoms with van der Waals surface area (Å²) in [6.45, 7) is 7.62. The maximum atomic E-state index is 6.06. The van der Waals surface area contributed by atoms with E-state index in [1.807, 2.05) is 30.9 Å². The Balaban J connectivity index is 2.19. The number of hydrogen-bond donors (Lipinski definition) is 1. The molecule has 21 heavy (non-hydrogen) atoms. The van der Waals surface area contributed by atoms with Crippen molar-refractivity contribution in [2.45, 2.75) is 39.4 Å². The number of nitrogens with zero attached hydrogens (tertiary/aromatic N) is 4. The Morgan fingerprint density at radius 2 is 2.19 bits per heavy atom. The first-order valence-electron chi connectivity index (χ1n) is 7.64. The molecule has 0 aromatic carbocycles. The van der Waals surface area contributed by atoms with Crippen LogP contribution in [0.1, 0.15) is 37.7 Å². The van der Waals surface area contributed by atoms with Gasteiger partial charge in [0.25, 0.3) is 0 Å². The minimum absolute atomic E-state index is 0.172.